The average molecular weight is 367 g/mol. The van der Waals surface area contributed by atoms with Crippen LogP contribution in [0, 0.1) is 20.8 Å². The summed E-state index contributed by atoms with van der Waals surface area (Å²) < 4.78 is 11.4. The molecule has 1 N–H and O–H groups in total. The van der Waals surface area contributed by atoms with E-state index in [1.165, 1.54) is 0 Å². The van der Waals surface area contributed by atoms with E-state index in [1.54, 1.807) is 6.92 Å². The molecule has 1 atom stereocenters. The van der Waals surface area contributed by atoms with Crippen molar-refractivity contribution in [2.75, 3.05) is 0 Å². The summed E-state index contributed by atoms with van der Waals surface area (Å²) in [7, 11) is 0. The largest absolute Gasteiger partial charge is 0.478 e. The van der Waals surface area contributed by atoms with Crippen LogP contribution in [0.5, 0.6) is 11.5 Å². The van der Waals surface area contributed by atoms with Crippen molar-refractivity contribution in [3.63, 3.8) is 0 Å². The normalized spacial score (nSPS) is 18.9. The molecule has 0 saturated heterocycles. The van der Waals surface area contributed by atoms with Crippen LogP contribution < -0.4 is 9.47 Å². The molecule has 1 aromatic rings. The number of benzene rings is 1. The minimum absolute atomic E-state index is 0.158. The van der Waals surface area contributed by atoms with E-state index >= 15 is 0 Å². The van der Waals surface area contributed by atoms with Crippen LogP contribution >= 0.6 is 11.6 Å². The Bertz CT molecular complexity index is 753. The van der Waals surface area contributed by atoms with Gasteiger partial charge in [-0.1, -0.05) is 18.2 Å². The number of fused-ring (bicyclic) bond motifs is 1. The summed E-state index contributed by atoms with van der Waals surface area (Å²) in [6.45, 7) is 10.7. The van der Waals surface area contributed by atoms with E-state index in [0.29, 0.717) is 35.8 Å². The third-order valence-corrected chi connectivity index (χ3v) is 4.95. The van der Waals surface area contributed by atoms with Gasteiger partial charge in [0.2, 0.25) is 5.60 Å². The van der Waals surface area contributed by atoms with Crippen LogP contribution in [0.2, 0.25) is 0 Å². The number of hydrogen-bond acceptors (Lipinski definition) is 4. The number of allylic oxidation sites excluding steroid dienone is 1. The quantitative estimate of drug-likeness (QED) is 0.624. The Labute approximate surface area is 152 Å². The number of carbonyl (C=O) groups is 2. The zero-order chi connectivity index (χ0) is 18.9. The Hall–Kier alpha value is -2.01. The number of hydrogen-bond donors (Lipinski definition) is 1. The predicted molar refractivity (Wildman–Crippen MR) is 95.5 cm³/mol. The zero-order valence-electron chi connectivity index (χ0n) is 15.0. The van der Waals surface area contributed by atoms with Crippen LogP contribution in [0.3, 0.4) is 0 Å². The van der Waals surface area contributed by atoms with Gasteiger partial charge in [0.15, 0.2) is 0 Å². The third-order valence-electron chi connectivity index (χ3n) is 4.76. The molecule has 136 valence electrons. The molecule has 0 fully saturated rings. The van der Waals surface area contributed by atoms with Gasteiger partial charge in [-0.2, -0.15) is 0 Å². The van der Waals surface area contributed by atoms with Gasteiger partial charge >= 0.3 is 11.9 Å². The number of carboxylic acid groups (broad SMARTS) is 1. The maximum atomic E-state index is 12.1. The van der Waals surface area contributed by atoms with E-state index < -0.39 is 11.6 Å². The fourth-order valence-electron chi connectivity index (χ4n) is 2.94. The Morgan fingerprint density at radius 2 is 1.88 bits per heavy atom. The number of ether oxygens (including phenoxy) is 2. The van der Waals surface area contributed by atoms with Crippen LogP contribution in [0.4, 0.5) is 0 Å². The molecule has 0 amide bonds. The fraction of sp³-hybridized carbons (Fsp3) is 0.474. The molecule has 1 aliphatic rings. The van der Waals surface area contributed by atoms with Gasteiger partial charge in [0.05, 0.1) is 6.42 Å². The Balaban J connectivity index is 2.38. The summed E-state index contributed by atoms with van der Waals surface area (Å²) in [6, 6.07) is 0. The predicted octanol–water partition coefficient (Wildman–Crippen LogP) is 4.22. The summed E-state index contributed by atoms with van der Waals surface area (Å²) in [5.74, 6) is -0.256. The second-order valence-corrected chi connectivity index (χ2v) is 7.18. The van der Waals surface area contributed by atoms with Crippen molar-refractivity contribution < 1.29 is 24.2 Å². The molecular formula is C19H23ClO5. The highest BCUT2D eigenvalue weighted by molar-refractivity contribution is 6.29. The van der Waals surface area contributed by atoms with E-state index in [0.717, 1.165) is 22.3 Å². The summed E-state index contributed by atoms with van der Waals surface area (Å²) in [5.41, 5.74) is 2.02. The topological polar surface area (TPSA) is 72.8 Å². The zero-order valence-corrected chi connectivity index (χ0v) is 15.7. The van der Waals surface area contributed by atoms with Crippen molar-refractivity contribution in [3.05, 3.63) is 33.9 Å². The lowest BCUT2D eigenvalue weighted by Crippen LogP contribution is -2.44. The molecule has 2 rings (SSSR count). The maximum Gasteiger partial charge on any atom is 0.347 e. The molecule has 0 spiro atoms. The van der Waals surface area contributed by atoms with Gasteiger partial charge in [-0.3, -0.25) is 4.79 Å². The molecule has 1 aliphatic heterocycles. The molecule has 0 aromatic heterocycles. The first-order valence-corrected chi connectivity index (χ1v) is 8.53. The smallest absolute Gasteiger partial charge is 0.347 e. The second kappa shape index (κ2) is 7.08. The van der Waals surface area contributed by atoms with E-state index in [1.807, 2.05) is 20.8 Å². The Morgan fingerprint density at radius 1 is 1.24 bits per heavy atom. The van der Waals surface area contributed by atoms with Crippen molar-refractivity contribution in [3.8, 4) is 11.5 Å². The van der Waals surface area contributed by atoms with Crippen LogP contribution in [-0.2, 0) is 16.0 Å². The monoisotopic (exact) mass is 366 g/mol. The maximum absolute atomic E-state index is 12.1. The van der Waals surface area contributed by atoms with Gasteiger partial charge in [0, 0.05) is 17.0 Å². The SMILES string of the molecule is C=C(Cl)CCC(=O)Oc1c(C)c(C)c2c(c1C)CCC(C)(C(=O)O)O2. The lowest BCUT2D eigenvalue weighted by Gasteiger charge is -2.35. The minimum Gasteiger partial charge on any atom is -0.478 e. The van der Waals surface area contributed by atoms with E-state index in [4.69, 9.17) is 21.1 Å². The van der Waals surface area contributed by atoms with Crippen molar-refractivity contribution in [2.45, 2.75) is 59.0 Å². The van der Waals surface area contributed by atoms with Gasteiger partial charge in [-0.25, -0.2) is 4.79 Å². The minimum atomic E-state index is -1.24. The lowest BCUT2D eigenvalue weighted by molar-refractivity contribution is -0.155. The number of aliphatic carboxylic acids is 1. The first kappa shape index (κ1) is 19.3. The molecule has 0 saturated carbocycles. The van der Waals surface area contributed by atoms with Crippen LogP contribution in [0.25, 0.3) is 0 Å². The first-order valence-electron chi connectivity index (χ1n) is 8.16. The number of halogens is 1. The van der Waals surface area contributed by atoms with Crippen LogP contribution in [-0.4, -0.2) is 22.6 Å². The molecule has 1 aromatic carbocycles. The van der Waals surface area contributed by atoms with Gasteiger partial charge in [0.1, 0.15) is 11.5 Å². The average Bonchev–Trinajstić information content (AvgIpc) is 2.54. The van der Waals surface area contributed by atoms with Crippen molar-refractivity contribution in [1.82, 2.24) is 0 Å². The number of rotatable bonds is 5. The highest BCUT2D eigenvalue weighted by atomic mass is 35.5. The lowest BCUT2D eigenvalue weighted by atomic mass is 9.87. The molecule has 6 heteroatoms. The van der Waals surface area contributed by atoms with Crippen LogP contribution in [0.1, 0.15) is 48.4 Å². The Morgan fingerprint density at radius 3 is 2.44 bits per heavy atom. The first-order chi connectivity index (χ1) is 11.6. The molecular weight excluding hydrogens is 344 g/mol. The molecule has 0 radical (unpaired) electrons. The van der Waals surface area contributed by atoms with Gasteiger partial charge in [-0.05, 0) is 57.2 Å². The summed E-state index contributed by atoms with van der Waals surface area (Å²) in [6.07, 6.45) is 1.43. The third kappa shape index (κ3) is 3.82. The van der Waals surface area contributed by atoms with Gasteiger partial charge in [0.25, 0.3) is 0 Å². The summed E-state index contributed by atoms with van der Waals surface area (Å²) in [5, 5.41) is 9.83. The number of esters is 1. The van der Waals surface area contributed by atoms with Gasteiger partial charge in [-0.15, -0.1) is 0 Å². The molecule has 0 bridgehead atoms. The van der Waals surface area contributed by atoms with Crippen LogP contribution in [0.15, 0.2) is 11.6 Å². The molecule has 1 unspecified atom stereocenters. The van der Waals surface area contributed by atoms with Gasteiger partial charge < -0.3 is 14.6 Å². The van der Waals surface area contributed by atoms with Crippen molar-refractivity contribution in [2.24, 2.45) is 0 Å². The summed E-state index contributed by atoms with van der Waals surface area (Å²) in [4.78, 5) is 23.6. The molecule has 1 heterocycles. The highest BCUT2D eigenvalue weighted by Gasteiger charge is 2.41. The fourth-order valence-corrected chi connectivity index (χ4v) is 3.04. The van der Waals surface area contributed by atoms with E-state index in [9.17, 15) is 14.7 Å². The molecule has 25 heavy (non-hydrogen) atoms. The van der Waals surface area contributed by atoms with Crippen molar-refractivity contribution >= 4 is 23.5 Å². The molecule has 5 nitrogen and oxygen atoms in total. The molecule has 0 aliphatic carbocycles. The van der Waals surface area contributed by atoms with E-state index in [-0.39, 0.29) is 12.4 Å². The Kier molecular flexibility index (Phi) is 5.47. The second-order valence-electron chi connectivity index (χ2n) is 6.64. The highest BCUT2D eigenvalue weighted by Crippen LogP contribution is 2.43. The number of carboxylic acids is 1. The summed E-state index contributed by atoms with van der Waals surface area (Å²) >= 11 is 5.69. The number of carbonyl (C=O) groups excluding carboxylic acids is 1. The van der Waals surface area contributed by atoms with Crippen molar-refractivity contribution in [1.29, 1.82) is 0 Å². The standard InChI is InChI=1S/C19H23ClO5/c1-10(20)6-7-15(21)24-16-11(2)12(3)17-14(13(16)4)8-9-19(5,25-17)18(22)23/h1,6-9H2,2-5H3,(H,22,23). The van der Waals surface area contributed by atoms with E-state index in [2.05, 4.69) is 6.58 Å².